The predicted octanol–water partition coefficient (Wildman–Crippen LogP) is 1.35. The number of rotatable bonds is 1. The number of nitrogen functional groups attached to an aromatic ring is 2. The molecule has 0 atom stereocenters. The van der Waals surface area contributed by atoms with Gasteiger partial charge in [0.1, 0.15) is 11.7 Å². The van der Waals surface area contributed by atoms with Crippen LogP contribution < -0.4 is 11.5 Å². The van der Waals surface area contributed by atoms with E-state index in [1.54, 1.807) is 0 Å². The molecule has 12 heavy (non-hydrogen) atoms. The Bertz CT molecular complexity index is 338. The number of hydrogen-bond donors (Lipinski definition) is 3. The maximum atomic E-state index is 12.9. The number of nitrogens with two attached hydrogens (primary N) is 2. The molecule has 1 aromatic rings. The Balaban J connectivity index is 3.43. The normalized spacial score (nSPS) is 9.83. The number of nitrogens with one attached hydrogen (secondary N) is 1. The number of benzene rings is 1. The first-order valence-corrected chi connectivity index (χ1v) is 3.49. The molecule has 0 spiro atoms. The van der Waals surface area contributed by atoms with E-state index < -0.39 is 11.7 Å². The van der Waals surface area contributed by atoms with Crippen molar-refractivity contribution in [3.05, 3.63) is 28.5 Å². The molecule has 0 heterocycles. The van der Waals surface area contributed by atoms with Crippen LogP contribution >= 0.6 is 11.6 Å². The lowest BCUT2D eigenvalue weighted by molar-refractivity contribution is 0.625. The van der Waals surface area contributed by atoms with Crippen LogP contribution in [0.4, 0.5) is 10.1 Å². The third-order valence-corrected chi connectivity index (χ3v) is 1.74. The van der Waals surface area contributed by atoms with Crippen molar-refractivity contribution in [2.45, 2.75) is 0 Å². The minimum atomic E-state index is -0.635. The molecule has 0 aliphatic carbocycles. The molecule has 0 amide bonds. The lowest BCUT2D eigenvalue weighted by Crippen LogP contribution is -2.15. The summed E-state index contributed by atoms with van der Waals surface area (Å²) in [5.74, 6) is -1.06. The van der Waals surface area contributed by atoms with Gasteiger partial charge in [-0.3, -0.25) is 5.41 Å². The Morgan fingerprint density at radius 3 is 2.50 bits per heavy atom. The van der Waals surface area contributed by atoms with Gasteiger partial charge in [-0.2, -0.15) is 0 Å². The molecular formula is C7H7ClFN3. The van der Waals surface area contributed by atoms with Gasteiger partial charge in [-0.15, -0.1) is 0 Å². The summed E-state index contributed by atoms with van der Waals surface area (Å²) in [5.41, 5.74) is 10.3. The molecule has 0 fully saturated rings. The molecule has 0 aliphatic rings. The summed E-state index contributed by atoms with van der Waals surface area (Å²) in [6, 6.07) is 2.44. The fraction of sp³-hybridized carbons (Fsp3) is 0. The summed E-state index contributed by atoms with van der Waals surface area (Å²) >= 11 is 5.59. The minimum Gasteiger partial charge on any atom is -0.397 e. The number of halogens is 2. The maximum absolute atomic E-state index is 12.9. The van der Waals surface area contributed by atoms with Crippen molar-refractivity contribution in [2.75, 3.05) is 5.73 Å². The zero-order chi connectivity index (χ0) is 9.30. The van der Waals surface area contributed by atoms with E-state index in [0.29, 0.717) is 0 Å². The highest BCUT2D eigenvalue weighted by Gasteiger charge is 2.11. The summed E-state index contributed by atoms with van der Waals surface area (Å²) in [6.45, 7) is 0. The van der Waals surface area contributed by atoms with Crippen molar-refractivity contribution in [1.82, 2.24) is 0 Å². The fourth-order valence-electron chi connectivity index (χ4n) is 0.841. The van der Waals surface area contributed by atoms with Gasteiger partial charge in [0, 0.05) is 0 Å². The molecule has 0 saturated heterocycles. The lowest BCUT2D eigenvalue weighted by atomic mass is 10.1. The molecule has 0 radical (unpaired) electrons. The van der Waals surface area contributed by atoms with Crippen LogP contribution in [0.5, 0.6) is 0 Å². The predicted molar refractivity (Wildman–Crippen MR) is 46.8 cm³/mol. The minimum absolute atomic E-state index is 0.00386. The van der Waals surface area contributed by atoms with Gasteiger partial charge in [0.15, 0.2) is 0 Å². The standard InChI is InChI=1S/C7H7ClFN3/c8-3-1-2-4(9)5(6(3)10)7(11)12/h1-2H,10H2,(H3,11,12). The van der Waals surface area contributed by atoms with Gasteiger partial charge in [0.2, 0.25) is 0 Å². The third-order valence-electron chi connectivity index (χ3n) is 1.41. The summed E-state index contributed by atoms with van der Waals surface area (Å²) in [5, 5.41) is 7.21. The van der Waals surface area contributed by atoms with Crippen LogP contribution in [0.15, 0.2) is 12.1 Å². The second-order valence-corrected chi connectivity index (χ2v) is 2.64. The van der Waals surface area contributed by atoms with Crippen LogP contribution in [-0.4, -0.2) is 5.84 Å². The van der Waals surface area contributed by atoms with Crippen molar-refractivity contribution in [2.24, 2.45) is 5.73 Å². The number of hydrogen-bond acceptors (Lipinski definition) is 2. The molecule has 5 heteroatoms. The van der Waals surface area contributed by atoms with Gasteiger partial charge in [0.25, 0.3) is 0 Å². The molecule has 1 aromatic carbocycles. The first kappa shape index (κ1) is 8.80. The quantitative estimate of drug-likeness (QED) is 0.353. The van der Waals surface area contributed by atoms with E-state index >= 15 is 0 Å². The highest BCUT2D eigenvalue weighted by molar-refractivity contribution is 6.34. The Kier molecular flexibility index (Phi) is 2.19. The zero-order valence-corrected chi connectivity index (χ0v) is 6.82. The molecular weight excluding hydrogens is 181 g/mol. The van der Waals surface area contributed by atoms with Crippen LogP contribution in [0.1, 0.15) is 5.56 Å². The summed E-state index contributed by atoms with van der Waals surface area (Å²) in [6.07, 6.45) is 0. The molecule has 5 N–H and O–H groups in total. The van der Waals surface area contributed by atoms with E-state index in [2.05, 4.69) is 0 Å². The first-order valence-electron chi connectivity index (χ1n) is 3.12. The monoisotopic (exact) mass is 187 g/mol. The van der Waals surface area contributed by atoms with E-state index in [1.807, 2.05) is 0 Å². The van der Waals surface area contributed by atoms with Crippen molar-refractivity contribution in [3.8, 4) is 0 Å². The smallest absolute Gasteiger partial charge is 0.136 e. The Labute approximate surface area is 73.6 Å². The van der Waals surface area contributed by atoms with Crippen molar-refractivity contribution < 1.29 is 4.39 Å². The summed E-state index contributed by atoms with van der Waals surface area (Å²) in [4.78, 5) is 0. The first-order chi connectivity index (χ1) is 5.54. The van der Waals surface area contributed by atoms with Crippen molar-refractivity contribution in [3.63, 3.8) is 0 Å². The lowest BCUT2D eigenvalue weighted by Gasteiger charge is -2.05. The Hall–Kier alpha value is -1.29. The number of anilines is 1. The third kappa shape index (κ3) is 1.33. The Morgan fingerprint density at radius 2 is 2.08 bits per heavy atom. The largest absolute Gasteiger partial charge is 0.397 e. The van der Waals surface area contributed by atoms with E-state index in [1.165, 1.54) is 6.07 Å². The van der Waals surface area contributed by atoms with Crippen LogP contribution in [-0.2, 0) is 0 Å². The zero-order valence-electron chi connectivity index (χ0n) is 6.07. The maximum Gasteiger partial charge on any atom is 0.136 e. The van der Waals surface area contributed by atoms with E-state index in [0.717, 1.165) is 6.07 Å². The van der Waals surface area contributed by atoms with Gasteiger partial charge in [-0.05, 0) is 12.1 Å². The fourth-order valence-corrected chi connectivity index (χ4v) is 0.999. The van der Waals surface area contributed by atoms with Gasteiger partial charge in [-0.25, -0.2) is 4.39 Å². The van der Waals surface area contributed by atoms with Crippen molar-refractivity contribution >= 4 is 23.1 Å². The SMILES string of the molecule is N=C(N)c1c(F)ccc(Cl)c1N. The molecule has 0 aliphatic heterocycles. The van der Waals surface area contributed by atoms with Gasteiger partial charge in [0.05, 0.1) is 16.3 Å². The summed E-state index contributed by atoms with van der Waals surface area (Å²) < 4.78 is 12.9. The average Bonchev–Trinajstić information content (AvgIpc) is 1.97. The van der Waals surface area contributed by atoms with E-state index in [9.17, 15) is 4.39 Å². The van der Waals surface area contributed by atoms with E-state index in [4.69, 9.17) is 28.5 Å². The Morgan fingerprint density at radius 1 is 1.50 bits per heavy atom. The number of amidine groups is 1. The van der Waals surface area contributed by atoms with Crippen molar-refractivity contribution in [1.29, 1.82) is 5.41 Å². The topological polar surface area (TPSA) is 75.9 Å². The van der Waals surface area contributed by atoms with E-state index in [-0.39, 0.29) is 16.3 Å². The molecule has 3 nitrogen and oxygen atoms in total. The van der Waals surface area contributed by atoms with Crippen LogP contribution in [0, 0.1) is 11.2 Å². The molecule has 0 unspecified atom stereocenters. The molecule has 0 saturated carbocycles. The highest BCUT2D eigenvalue weighted by Crippen LogP contribution is 2.24. The molecule has 0 aromatic heterocycles. The average molecular weight is 188 g/mol. The van der Waals surface area contributed by atoms with Gasteiger partial charge >= 0.3 is 0 Å². The summed E-state index contributed by atoms with van der Waals surface area (Å²) in [7, 11) is 0. The highest BCUT2D eigenvalue weighted by atomic mass is 35.5. The van der Waals surface area contributed by atoms with Gasteiger partial charge in [-0.1, -0.05) is 11.6 Å². The molecule has 0 bridgehead atoms. The second-order valence-electron chi connectivity index (χ2n) is 2.23. The van der Waals surface area contributed by atoms with Crippen LogP contribution in [0.3, 0.4) is 0 Å². The van der Waals surface area contributed by atoms with Crippen LogP contribution in [0.2, 0.25) is 5.02 Å². The van der Waals surface area contributed by atoms with Gasteiger partial charge < -0.3 is 11.5 Å². The van der Waals surface area contributed by atoms with Crippen LogP contribution in [0.25, 0.3) is 0 Å². The molecule has 64 valence electrons. The molecule has 1 rings (SSSR count). The second kappa shape index (κ2) is 2.98.